The number of aromatic nitrogens is 2. The van der Waals surface area contributed by atoms with Crippen LogP contribution in [0, 0.1) is 5.92 Å². The van der Waals surface area contributed by atoms with Crippen LogP contribution in [0.2, 0.25) is 0 Å². The Morgan fingerprint density at radius 3 is 2.38 bits per heavy atom. The molecule has 1 fully saturated rings. The van der Waals surface area contributed by atoms with Gasteiger partial charge >= 0.3 is 6.18 Å². The van der Waals surface area contributed by atoms with Gasteiger partial charge in [0.25, 0.3) is 5.91 Å². The Morgan fingerprint density at radius 1 is 1.27 bits per heavy atom. The Labute approximate surface area is 151 Å². The van der Waals surface area contributed by atoms with Crippen LogP contribution in [-0.2, 0) is 10.9 Å². The topological polar surface area (TPSA) is 59.4 Å². The molecule has 1 N–H and O–H groups in total. The molecule has 9 heteroatoms. The predicted octanol–water partition coefficient (Wildman–Crippen LogP) is 2.57. The van der Waals surface area contributed by atoms with E-state index in [9.17, 15) is 18.0 Å². The normalized spacial score (nSPS) is 17.7. The number of nitrogens with one attached hydrogen (secondary N) is 1. The molecule has 0 spiro atoms. The highest BCUT2D eigenvalue weighted by Crippen LogP contribution is 2.33. The molecule has 0 radical (unpaired) electrons. The number of halogens is 3. The summed E-state index contributed by atoms with van der Waals surface area (Å²) in [6.45, 7) is 10.3. The standard InChI is InChI=1S/C17H27F3N4O2/c1-11(2)14(23-5-7-26-8-6-23)10-21-16(25)13-9-22-24(12(3)4)15(13)17(18,19)20/h9,11-12,14H,5-8,10H2,1-4H3,(H,21,25). The van der Waals surface area contributed by atoms with Crippen molar-refractivity contribution in [2.75, 3.05) is 32.8 Å². The van der Waals surface area contributed by atoms with E-state index >= 15 is 0 Å². The molecule has 1 aliphatic rings. The summed E-state index contributed by atoms with van der Waals surface area (Å²) in [5.74, 6) is -0.503. The Morgan fingerprint density at radius 2 is 1.88 bits per heavy atom. The smallest absolute Gasteiger partial charge is 0.379 e. The minimum absolute atomic E-state index is 0.0392. The molecule has 6 nitrogen and oxygen atoms in total. The first-order chi connectivity index (χ1) is 12.1. The van der Waals surface area contributed by atoms with Crippen LogP contribution < -0.4 is 5.32 Å². The van der Waals surface area contributed by atoms with Crippen LogP contribution in [-0.4, -0.2) is 59.5 Å². The summed E-state index contributed by atoms with van der Waals surface area (Å²) >= 11 is 0. The van der Waals surface area contributed by atoms with Crippen molar-refractivity contribution in [3.63, 3.8) is 0 Å². The molecular weight excluding hydrogens is 349 g/mol. The number of rotatable bonds is 6. The lowest BCUT2D eigenvalue weighted by Crippen LogP contribution is -2.51. The van der Waals surface area contributed by atoms with Crippen molar-refractivity contribution >= 4 is 5.91 Å². The average molecular weight is 376 g/mol. The highest BCUT2D eigenvalue weighted by atomic mass is 19.4. The molecule has 0 saturated carbocycles. The van der Waals surface area contributed by atoms with Crippen LogP contribution >= 0.6 is 0 Å². The van der Waals surface area contributed by atoms with Crippen molar-refractivity contribution in [3.8, 4) is 0 Å². The monoisotopic (exact) mass is 376 g/mol. The Hall–Kier alpha value is -1.61. The lowest BCUT2D eigenvalue weighted by atomic mass is 10.0. The lowest BCUT2D eigenvalue weighted by molar-refractivity contribution is -0.145. The fourth-order valence-electron chi connectivity index (χ4n) is 3.19. The summed E-state index contributed by atoms with van der Waals surface area (Å²) in [5, 5.41) is 6.43. The molecule has 2 rings (SSSR count). The average Bonchev–Trinajstić information content (AvgIpc) is 3.01. The summed E-state index contributed by atoms with van der Waals surface area (Å²) in [4.78, 5) is 14.7. The highest BCUT2D eigenvalue weighted by molar-refractivity contribution is 5.95. The molecule has 0 aliphatic carbocycles. The Bertz CT molecular complexity index is 608. The number of hydrogen-bond acceptors (Lipinski definition) is 4. The van der Waals surface area contributed by atoms with E-state index in [2.05, 4.69) is 15.3 Å². The quantitative estimate of drug-likeness (QED) is 0.829. The molecule has 1 unspecified atom stereocenters. The van der Waals surface area contributed by atoms with Gasteiger partial charge in [0.2, 0.25) is 0 Å². The van der Waals surface area contributed by atoms with E-state index in [1.165, 1.54) is 0 Å². The molecule has 1 amide bonds. The number of alkyl halides is 3. The summed E-state index contributed by atoms with van der Waals surface area (Å²) in [6.07, 6.45) is -3.65. The second-order valence-corrected chi connectivity index (χ2v) is 7.11. The van der Waals surface area contributed by atoms with Crippen molar-refractivity contribution in [1.29, 1.82) is 0 Å². The van der Waals surface area contributed by atoms with Crippen LogP contribution in [0.5, 0.6) is 0 Å². The summed E-state index contributed by atoms with van der Waals surface area (Å²) < 4.78 is 46.4. The van der Waals surface area contributed by atoms with E-state index in [-0.39, 0.29) is 18.5 Å². The van der Waals surface area contributed by atoms with Gasteiger partial charge in [0.15, 0.2) is 5.69 Å². The SMILES string of the molecule is CC(C)C(CNC(=O)c1cnn(C(C)C)c1C(F)(F)F)N1CCOCC1. The van der Waals surface area contributed by atoms with Gasteiger partial charge in [-0.1, -0.05) is 13.8 Å². The largest absolute Gasteiger partial charge is 0.433 e. The maximum atomic E-state index is 13.4. The van der Waals surface area contributed by atoms with Gasteiger partial charge in [-0.15, -0.1) is 0 Å². The molecule has 1 saturated heterocycles. The number of ether oxygens (including phenoxy) is 1. The van der Waals surface area contributed by atoms with E-state index < -0.39 is 29.4 Å². The third kappa shape index (κ3) is 4.76. The molecule has 1 atom stereocenters. The van der Waals surface area contributed by atoms with E-state index in [0.29, 0.717) is 13.2 Å². The van der Waals surface area contributed by atoms with E-state index in [1.54, 1.807) is 13.8 Å². The zero-order valence-corrected chi connectivity index (χ0v) is 15.6. The van der Waals surface area contributed by atoms with Crippen molar-refractivity contribution in [2.45, 2.75) is 46.0 Å². The van der Waals surface area contributed by atoms with Crippen molar-refractivity contribution in [3.05, 3.63) is 17.5 Å². The summed E-state index contributed by atoms with van der Waals surface area (Å²) in [5.41, 5.74) is -1.44. The second kappa shape index (κ2) is 8.39. The maximum absolute atomic E-state index is 13.4. The molecular formula is C17H27F3N4O2. The van der Waals surface area contributed by atoms with Gasteiger partial charge in [0, 0.05) is 31.7 Å². The number of amides is 1. The Kier molecular flexibility index (Phi) is 6.68. The minimum Gasteiger partial charge on any atom is -0.379 e. The van der Waals surface area contributed by atoms with Crippen molar-refractivity contribution in [1.82, 2.24) is 20.0 Å². The van der Waals surface area contributed by atoms with Gasteiger partial charge in [-0.3, -0.25) is 14.4 Å². The molecule has 0 bridgehead atoms. The molecule has 148 valence electrons. The van der Waals surface area contributed by atoms with Gasteiger partial charge < -0.3 is 10.1 Å². The van der Waals surface area contributed by atoms with Gasteiger partial charge in [0.05, 0.1) is 25.0 Å². The van der Waals surface area contributed by atoms with Gasteiger partial charge in [-0.25, -0.2) is 0 Å². The molecule has 0 aromatic carbocycles. The zero-order valence-electron chi connectivity index (χ0n) is 15.6. The predicted molar refractivity (Wildman–Crippen MR) is 91.0 cm³/mol. The molecule has 2 heterocycles. The third-order valence-electron chi connectivity index (χ3n) is 4.55. The molecule has 1 aromatic rings. The van der Waals surface area contributed by atoms with E-state index in [4.69, 9.17) is 4.74 Å². The van der Waals surface area contributed by atoms with Crippen LogP contribution in [0.3, 0.4) is 0 Å². The highest BCUT2D eigenvalue weighted by Gasteiger charge is 2.40. The number of carbonyl (C=O) groups is 1. The summed E-state index contributed by atoms with van der Waals surface area (Å²) in [7, 11) is 0. The van der Waals surface area contributed by atoms with E-state index in [0.717, 1.165) is 24.0 Å². The fourth-order valence-corrected chi connectivity index (χ4v) is 3.19. The van der Waals surface area contributed by atoms with Gasteiger partial charge in [-0.2, -0.15) is 18.3 Å². The molecule has 26 heavy (non-hydrogen) atoms. The third-order valence-corrected chi connectivity index (χ3v) is 4.55. The zero-order chi connectivity index (χ0) is 19.5. The van der Waals surface area contributed by atoms with Gasteiger partial charge in [-0.05, 0) is 19.8 Å². The van der Waals surface area contributed by atoms with Crippen molar-refractivity contribution < 1.29 is 22.7 Å². The first-order valence-electron chi connectivity index (χ1n) is 8.87. The first kappa shape index (κ1) is 20.7. The van der Waals surface area contributed by atoms with E-state index in [1.807, 2.05) is 13.8 Å². The first-order valence-corrected chi connectivity index (χ1v) is 8.87. The van der Waals surface area contributed by atoms with Crippen LogP contribution in [0.4, 0.5) is 13.2 Å². The summed E-state index contributed by atoms with van der Waals surface area (Å²) in [6, 6.07) is -0.456. The molecule has 1 aromatic heterocycles. The van der Waals surface area contributed by atoms with Gasteiger partial charge in [0.1, 0.15) is 0 Å². The number of morpholine rings is 1. The second-order valence-electron chi connectivity index (χ2n) is 7.11. The van der Waals surface area contributed by atoms with Crippen LogP contribution in [0.1, 0.15) is 49.8 Å². The Balaban J connectivity index is 2.14. The maximum Gasteiger partial charge on any atom is 0.433 e. The number of nitrogens with zero attached hydrogens (tertiary/aromatic N) is 3. The molecule has 1 aliphatic heterocycles. The number of hydrogen-bond donors (Lipinski definition) is 1. The van der Waals surface area contributed by atoms with Crippen LogP contribution in [0.15, 0.2) is 6.20 Å². The fraction of sp³-hybridized carbons (Fsp3) is 0.765. The van der Waals surface area contributed by atoms with Crippen LogP contribution in [0.25, 0.3) is 0 Å². The number of carbonyl (C=O) groups excluding carboxylic acids is 1. The lowest BCUT2D eigenvalue weighted by Gasteiger charge is -2.36. The van der Waals surface area contributed by atoms with Crippen molar-refractivity contribution in [2.24, 2.45) is 5.92 Å². The minimum atomic E-state index is -4.64.